The van der Waals surface area contributed by atoms with Crippen LogP contribution < -0.4 is 55.8 Å². The zero-order chi connectivity index (χ0) is 87.0. The number of hydrogen-bond acceptors (Lipinski definition) is 20. The van der Waals surface area contributed by atoms with Crippen molar-refractivity contribution in [3.05, 3.63) is 186 Å². The molecule has 0 saturated heterocycles. The van der Waals surface area contributed by atoms with Crippen LogP contribution in [0.15, 0.2) is 97.1 Å². The molecule has 8 aromatic rings. The molecule has 8 aliphatic carbocycles. The minimum absolute atomic E-state index is 0. The molecule has 20 rings (SSSR count). The van der Waals surface area contributed by atoms with Gasteiger partial charge in [0.1, 0.15) is 46.0 Å². The number of aryl methyl sites for hydroxylation is 8. The average molecular weight is 2050 g/mol. The number of fused-ring (bicyclic) bond motifs is 28. The van der Waals surface area contributed by atoms with Gasteiger partial charge in [0.05, 0.1) is 40.3 Å². The van der Waals surface area contributed by atoms with E-state index in [9.17, 15) is 37.8 Å². The Morgan fingerprint density at radius 3 is 0.423 bits per heavy atom. The summed E-state index contributed by atoms with van der Waals surface area (Å²) in [5, 5.41) is 29.9. The summed E-state index contributed by atoms with van der Waals surface area (Å²) in [6.07, 6.45) is 34.6. The minimum atomic E-state index is -4.42. The van der Waals surface area contributed by atoms with E-state index in [1.807, 2.05) is 97.1 Å². The van der Waals surface area contributed by atoms with E-state index in [2.05, 4.69) is 0 Å². The molecule has 4 heterocycles. The van der Waals surface area contributed by atoms with Gasteiger partial charge in [-0.3, -0.25) is 0 Å². The van der Waals surface area contributed by atoms with Gasteiger partial charge in [0.15, 0.2) is 0 Å². The number of hydrogen-bond donors (Lipinski definition) is 0. The summed E-state index contributed by atoms with van der Waals surface area (Å²) in [6, 6.07) is 37.7. The van der Waals surface area contributed by atoms with Crippen molar-refractivity contribution in [3.8, 4) is 115 Å². The second-order valence-corrected chi connectivity index (χ2v) is 37.4. The van der Waals surface area contributed by atoms with E-state index in [-0.39, 0.29) is 55.0 Å². The van der Waals surface area contributed by atoms with Crippen molar-refractivity contribution in [1.29, 1.82) is 21.0 Å². The molecule has 20 nitrogen and oxygen atoms in total. The van der Waals surface area contributed by atoms with Crippen molar-refractivity contribution in [2.75, 3.05) is 16.0 Å². The second kappa shape index (κ2) is 48.9. The molecule has 658 valence electrons. The maximum absolute atomic E-state index is 12.3. The number of nitrogens with zero attached hydrogens (tertiary/aromatic N) is 4. The molecule has 12 aliphatic rings. The second-order valence-electron chi connectivity index (χ2n) is 30.0. The number of alkyl halides is 6. The Kier molecular flexibility index (Phi) is 40.6. The summed E-state index contributed by atoms with van der Waals surface area (Å²) >= 11 is 28.6. The number of nitriles is 4. The third kappa shape index (κ3) is 25.7. The Hall–Kier alpha value is -6.13. The van der Waals surface area contributed by atoms with Gasteiger partial charge >= 0.3 is 70.2 Å². The molecule has 2 radical (unpaired) electrons. The summed E-state index contributed by atoms with van der Waals surface area (Å²) in [6.45, 7) is 5.72. The zero-order valence-electron chi connectivity index (χ0n) is 69.0. The summed E-state index contributed by atoms with van der Waals surface area (Å²) in [5.41, 5.74) is 28.1. The van der Waals surface area contributed by atoms with E-state index in [1.165, 1.54) is 168 Å². The monoisotopic (exact) mass is 2040 g/mol. The van der Waals surface area contributed by atoms with E-state index in [4.69, 9.17) is 127 Å². The molecule has 0 aromatic heterocycles. The van der Waals surface area contributed by atoms with Crippen LogP contribution in [0.2, 0.25) is 0 Å². The third-order valence-electron chi connectivity index (χ3n) is 22.6. The largest absolute Gasteiger partial charge is 2.00 e. The van der Waals surface area contributed by atoms with Crippen LogP contribution in [0.3, 0.4) is 0 Å². The molecule has 0 spiro atoms. The molecule has 123 heavy (non-hydrogen) atoms. The molecule has 0 unspecified atom stereocenters. The Labute approximate surface area is 778 Å². The van der Waals surface area contributed by atoms with Gasteiger partial charge in [0.2, 0.25) is 0 Å². The number of benzene rings is 8. The fourth-order valence-electron chi connectivity index (χ4n) is 18.3. The number of phosphoric ester groups is 4. The standard InChI is InChI=1S/4C20H21O4P.4C2H3N.3CH2Cl2.2Rh/c4*21-25(22)23-17-11-9-13-5-1-3-7-15(13)19(17)20-16-8-4-2-6-14(16)10-12-18(20)24-25;4*1-2-3;3*2-1-3;;/h4*9-12H,1-8H2,(H,21,22);4*1H3;3*1H2;;/q;;;;;;;;;;;2*+2/p-4. The van der Waals surface area contributed by atoms with Crippen LogP contribution in [-0.2, 0) is 160 Å². The van der Waals surface area contributed by atoms with Gasteiger partial charge in [-0.05, 0) is 343 Å². The molecule has 4 aliphatic heterocycles. The van der Waals surface area contributed by atoms with Crippen LogP contribution >= 0.6 is 101 Å². The Morgan fingerprint density at radius 1 is 0.236 bits per heavy atom. The Balaban J connectivity index is 0.000000188. The smallest absolute Gasteiger partial charge is 0.736 e. The van der Waals surface area contributed by atoms with Crippen molar-refractivity contribution in [1.82, 2.24) is 0 Å². The van der Waals surface area contributed by atoms with Gasteiger partial charge in [0, 0.05) is 72.2 Å². The molecular formula is C91H98Cl6N4O16P4Rh2. The van der Waals surface area contributed by atoms with E-state index in [0.29, 0.717) is 46.0 Å². The predicted octanol–water partition coefficient (Wildman–Crippen LogP) is 23.8. The molecule has 0 amide bonds. The van der Waals surface area contributed by atoms with Crippen molar-refractivity contribution in [2.45, 2.75) is 233 Å². The normalized spacial score (nSPS) is 17.0. The first kappa shape index (κ1) is 102. The van der Waals surface area contributed by atoms with Crippen LogP contribution in [0.1, 0.15) is 219 Å². The molecule has 0 atom stereocenters. The topological polar surface area (TPSA) is 330 Å². The van der Waals surface area contributed by atoms with Crippen LogP contribution in [0.5, 0.6) is 46.0 Å². The third-order valence-corrected chi connectivity index (χ3v) is 26.0. The van der Waals surface area contributed by atoms with E-state index in [0.717, 1.165) is 199 Å². The van der Waals surface area contributed by atoms with Gasteiger partial charge in [-0.25, -0.2) is 18.3 Å². The zero-order valence-corrected chi connectivity index (χ0v) is 80.4. The SMILES string of the molecule is CC#N.CC#N.CC#N.CC#N.ClCCl.ClCCl.ClCCl.O=P1([O-])Oc2ccc3c(c2-c2c(ccc4c2CCCC4)O1)CCCC3.O=P1([O-])Oc2ccc3c(c2-c2c(ccc4c2CCCC4)O1)CCCC3.O=P1([O-])Oc2ccc3c(c2-c2c(ccc4c2CCCC4)O1)CCCC3.O=P1([O-])Oc2ccc3c(c2-c2c(ccc4c2CCCC4)O1)CCCC3.[Rh+2].[Rh+2]. The summed E-state index contributed by atoms with van der Waals surface area (Å²) < 4.78 is 92.2. The molecule has 32 heteroatoms. The summed E-state index contributed by atoms with van der Waals surface area (Å²) in [7, 11) is -17.7. The summed E-state index contributed by atoms with van der Waals surface area (Å²) in [4.78, 5) is 49.3. The molecule has 0 N–H and O–H groups in total. The maximum atomic E-state index is 12.3. The quantitative estimate of drug-likeness (QED) is 0.0773. The first-order valence-corrected chi connectivity index (χ1v) is 50.0. The molecule has 0 fully saturated rings. The first-order chi connectivity index (χ1) is 58.4. The molecular weight excluding hydrogens is 1950 g/mol. The van der Waals surface area contributed by atoms with Crippen molar-refractivity contribution >= 4 is 101 Å². The fourth-order valence-corrected chi connectivity index (χ4v) is 21.6. The van der Waals surface area contributed by atoms with Crippen LogP contribution in [0, 0.1) is 45.3 Å². The van der Waals surface area contributed by atoms with Crippen molar-refractivity contribution < 1.29 is 113 Å². The van der Waals surface area contributed by atoms with Crippen LogP contribution in [0.25, 0.3) is 44.5 Å². The molecule has 8 aromatic carbocycles. The fraction of sp³-hybridized carbons (Fsp3) is 0.429. The van der Waals surface area contributed by atoms with Crippen molar-refractivity contribution in [3.63, 3.8) is 0 Å². The molecule has 0 saturated carbocycles. The van der Waals surface area contributed by atoms with E-state index >= 15 is 0 Å². The van der Waals surface area contributed by atoms with Crippen LogP contribution in [0.4, 0.5) is 0 Å². The van der Waals surface area contributed by atoms with Gasteiger partial charge in [0.25, 0.3) is 0 Å². The number of rotatable bonds is 0. The van der Waals surface area contributed by atoms with Gasteiger partial charge < -0.3 is 55.8 Å². The minimum Gasteiger partial charge on any atom is -0.736 e. The van der Waals surface area contributed by atoms with Gasteiger partial charge in [-0.1, -0.05) is 48.5 Å². The number of halogens is 6. The Bertz CT molecular complexity index is 4500. The van der Waals surface area contributed by atoms with Gasteiger partial charge in [-0.15, -0.1) is 69.6 Å². The van der Waals surface area contributed by atoms with Gasteiger partial charge in [-0.2, -0.15) is 21.0 Å². The van der Waals surface area contributed by atoms with Crippen LogP contribution in [-0.4, -0.2) is 16.0 Å². The van der Waals surface area contributed by atoms with E-state index in [1.54, 1.807) is 24.3 Å². The van der Waals surface area contributed by atoms with Crippen molar-refractivity contribution in [2.24, 2.45) is 0 Å². The predicted molar refractivity (Wildman–Crippen MR) is 471 cm³/mol. The van der Waals surface area contributed by atoms with E-state index < -0.39 is 31.3 Å². The average Bonchev–Trinajstić information content (AvgIpc) is 1.70. The number of phosphoric acid groups is 4. The Morgan fingerprint density at radius 2 is 0.325 bits per heavy atom. The molecule has 0 bridgehead atoms. The first-order valence-electron chi connectivity index (χ1n) is 41.0. The maximum Gasteiger partial charge on any atom is 2.00 e. The summed E-state index contributed by atoms with van der Waals surface area (Å²) in [5.74, 6) is 3.42.